The van der Waals surface area contributed by atoms with E-state index in [9.17, 15) is 4.79 Å². The first-order valence-electron chi connectivity index (χ1n) is 6.44. The van der Waals surface area contributed by atoms with Crippen LogP contribution >= 0.6 is 0 Å². The lowest BCUT2D eigenvalue weighted by Crippen LogP contribution is -2.31. The van der Waals surface area contributed by atoms with Gasteiger partial charge < -0.3 is 15.3 Å². The summed E-state index contributed by atoms with van der Waals surface area (Å²) in [6, 6.07) is 9.44. The number of aliphatic hydroxyl groups is 1. The number of nitrogens with one attached hydrogen (secondary N) is 1. The monoisotopic (exact) mass is 250 g/mol. The molecule has 1 rings (SSSR count). The summed E-state index contributed by atoms with van der Waals surface area (Å²) < 4.78 is 0. The molecule has 0 aromatic heterocycles. The molecule has 0 aliphatic heterocycles. The fourth-order valence-electron chi connectivity index (χ4n) is 1.80. The van der Waals surface area contributed by atoms with Crippen LogP contribution in [0, 0.1) is 0 Å². The van der Waals surface area contributed by atoms with Gasteiger partial charge in [0.2, 0.25) is 5.91 Å². The SMILES string of the molecule is CCCN(CCO)CCC(=O)Nc1ccccc1. The van der Waals surface area contributed by atoms with Crippen LogP contribution in [-0.4, -0.2) is 42.2 Å². The summed E-state index contributed by atoms with van der Waals surface area (Å²) in [6.45, 7) is 4.47. The molecule has 4 nitrogen and oxygen atoms in total. The largest absolute Gasteiger partial charge is 0.395 e. The van der Waals surface area contributed by atoms with Crippen molar-refractivity contribution in [2.24, 2.45) is 0 Å². The van der Waals surface area contributed by atoms with Gasteiger partial charge in [0.25, 0.3) is 0 Å². The number of carbonyl (C=O) groups is 1. The van der Waals surface area contributed by atoms with Gasteiger partial charge in [-0.2, -0.15) is 0 Å². The average molecular weight is 250 g/mol. The maximum absolute atomic E-state index is 11.7. The Bertz CT molecular complexity index is 335. The van der Waals surface area contributed by atoms with Crippen molar-refractivity contribution in [2.45, 2.75) is 19.8 Å². The Balaban J connectivity index is 2.31. The Morgan fingerprint density at radius 3 is 2.56 bits per heavy atom. The van der Waals surface area contributed by atoms with Crippen molar-refractivity contribution in [3.8, 4) is 0 Å². The van der Waals surface area contributed by atoms with Crippen molar-refractivity contribution < 1.29 is 9.90 Å². The van der Waals surface area contributed by atoms with Crippen molar-refractivity contribution in [1.29, 1.82) is 0 Å². The fourth-order valence-corrected chi connectivity index (χ4v) is 1.80. The Labute approximate surface area is 109 Å². The number of carbonyl (C=O) groups excluding carboxylic acids is 1. The molecule has 0 bridgehead atoms. The van der Waals surface area contributed by atoms with E-state index < -0.39 is 0 Å². The van der Waals surface area contributed by atoms with Crippen LogP contribution in [0.5, 0.6) is 0 Å². The molecule has 18 heavy (non-hydrogen) atoms. The van der Waals surface area contributed by atoms with E-state index in [4.69, 9.17) is 5.11 Å². The lowest BCUT2D eigenvalue weighted by Gasteiger charge is -2.19. The number of anilines is 1. The molecule has 0 saturated heterocycles. The number of benzene rings is 1. The number of amides is 1. The molecule has 1 aromatic rings. The maximum Gasteiger partial charge on any atom is 0.225 e. The minimum atomic E-state index is 0.0141. The Morgan fingerprint density at radius 2 is 1.94 bits per heavy atom. The van der Waals surface area contributed by atoms with Gasteiger partial charge in [-0.1, -0.05) is 25.1 Å². The second kappa shape index (κ2) is 8.66. The van der Waals surface area contributed by atoms with Gasteiger partial charge in [-0.25, -0.2) is 0 Å². The molecule has 4 heteroatoms. The molecule has 0 unspecified atom stereocenters. The highest BCUT2D eigenvalue weighted by Crippen LogP contribution is 2.05. The second-order valence-corrected chi connectivity index (χ2v) is 4.23. The third kappa shape index (κ3) is 5.80. The van der Waals surface area contributed by atoms with E-state index in [-0.39, 0.29) is 12.5 Å². The molecule has 2 N–H and O–H groups in total. The van der Waals surface area contributed by atoms with Crippen molar-refractivity contribution in [3.63, 3.8) is 0 Å². The third-order valence-electron chi connectivity index (χ3n) is 2.67. The van der Waals surface area contributed by atoms with Gasteiger partial charge >= 0.3 is 0 Å². The van der Waals surface area contributed by atoms with Gasteiger partial charge in [0.15, 0.2) is 0 Å². The highest BCUT2D eigenvalue weighted by atomic mass is 16.3. The molecular weight excluding hydrogens is 228 g/mol. The minimum Gasteiger partial charge on any atom is -0.395 e. The van der Waals surface area contributed by atoms with Crippen LogP contribution in [-0.2, 0) is 4.79 Å². The van der Waals surface area contributed by atoms with E-state index in [1.165, 1.54) is 0 Å². The lowest BCUT2D eigenvalue weighted by molar-refractivity contribution is -0.116. The Morgan fingerprint density at radius 1 is 1.22 bits per heavy atom. The summed E-state index contributed by atoms with van der Waals surface area (Å²) in [5.41, 5.74) is 0.826. The smallest absolute Gasteiger partial charge is 0.225 e. The molecular formula is C14H22N2O2. The number of aliphatic hydroxyl groups excluding tert-OH is 1. The second-order valence-electron chi connectivity index (χ2n) is 4.23. The van der Waals surface area contributed by atoms with E-state index in [1.54, 1.807) is 0 Å². The molecule has 0 heterocycles. The first-order chi connectivity index (χ1) is 8.76. The molecule has 0 aliphatic carbocycles. The molecule has 0 aliphatic rings. The highest BCUT2D eigenvalue weighted by molar-refractivity contribution is 5.90. The zero-order valence-electron chi connectivity index (χ0n) is 10.9. The summed E-state index contributed by atoms with van der Waals surface area (Å²) >= 11 is 0. The van der Waals surface area contributed by atoms with Gasteiger partial charge in [0, 0.05) is 25.2 Å². The van der Waals surface area contributed by atoms with Gasteiger partial charge in [0.05, 0.1) is 6.61 Å². The summed E-state index contributed by atoms with van der Waals surface area (Å²) in [5.74, 6) is 0.0141. The first-order valence-corrected chi connectivity index (χ1v) is 6.44. The molecule has 1 amide bonds. The Hall–Kier alpha value is -1.39. The number of hydrogen-bond acceptors (Lipinski definition) is 3. The summed E-state index contributed by atoms with van der Waals surface area (Å²) in [5, 5.41) is 11.8. The van der Waals surface area contributed by atoms with E-state index in [1.807, 2.05) is 30.3 Å². The molecule has 0 fully saturated rings. The number of para-hydroxylation sites is 1. The topological polar surface area (TPSA) is 52.6 Å². The predicted octanol–water partition coefficient (Wildman–Crippen LogP) is 1.72. The van der Waals surface area contributed by atoms with Crippen LogP contribution < -0.4 is 5.32 Å². The van der Waals surface area contributed by atoms with Crippen molar-refractivity contribution >= 4 is 11.6 Å². The van der Waals surface area contributed by atoms with Crippen LogP contribution in [0.15, 0.2) is 30.3 Å². The van der Waals surface area contributed by atoms with Crippen LogP contribution in [0.4, 0.5) is 5.69 Å². The third-order valence-corrected chi connectivity index (χ3v) is 2.67. The zero-order valence-corrected chi connectivity index (χ0v) is 10.9. The summed E-state index contributed by atoms with van der Waals surface area (Å²) in [4.78, 5) is 13.8. The van der Waals surface area contributed by atoms with Crippen LogP contribution in [0.2, 0.25) is 0 Å². The Kier molecular flexibility index (Phi) is 7.06. The van der Waals surface area contributed by atoms with E-state index >= 15 is 0 Å². The first kappa shape index (κ1) is 14.7. The normalized spacial score (nSPS) is 10.6. The summed E-state index contributed by atoms with van der Waals surface area (Å²) in [6.07, 6.45) is 1.48. The van der Waals surface area contributed by atoms with E-state index in [0.717, 1.165) is 18.7 Å². The van der Waals surface area contributed by atoms with Gasteiger partial charge in [0.1, 0.15) is 0 Å². The summed E-state index contributed by atoms with van der Waals surface area (Å²) in [7, 11) is 0. The van der Waals surface area contributed by atoms with Crippen LogP contribution in [0.25, 0.3) is 0 Å². The number of nitrogens with zero attached hydrogens (tertiary/aromatic N) is 1. The maximum atomic E-state index is 11.7. The number of rotatable bonds is 8. The van der Waals surface area contributed by atoms with Crippen LogP contribution in [0.3, 0.4) is 0 Å². The minimum absolute atomic E-state index is 0.0141. The van der Waals surface area contributed by atoms with Gasteiger partial charge in [-0.15, -0.1) is 0 Å². The van der Waals surface area contributed by atoms with Gasteiger partial charge in [-0.05, 0) is 25.1 Å². The molecule has 0 atom stereocenters. The van der Waals surface area contributed by atoms with Gasteiger partial charge in [-0.3, -0.25) is 4.79 Å². The van der Waals surface area contributed by atoms with E-state index in [2.05, 4.69) is 17.1 Å². The highest BCUT2D eigenvalue weighted by Gasteiger charge is 2.07. The van der Waals surface area contributed by atoms with Crippen LogP contribution in [0.1, 0.15) is 19.8 Å². The average Bonchev–Trinajstić information content (AvgIpc) is 2.38. The molecule has 100 valence electrons. The quantitative estimate of drug-likeness (QED) is 0.738. The number of hydrogen-bond donors (Lipinski definition) is 2. The van der Waals surface area contributed by atoms with E-state index in [0.29, 0.717) is 19.5 Å². The lowest BCUT2D eigenvalue weighted by atomic mass is 10.3. The molecule has 1 aromatic carbocycles. The standard InChI is InChI=1S/C14H22N2O2/c1-2-9-16(11-12-17)10-8-14(18)15-13-6-4-3-5-7-13/h3-7,17H,2,8-12H2,1H3,(H,15,18). The molecule has 0 radical (unpaired) electrons. The molecule has 0 spiro atoms. The van der Waals surface area contributed by atoms with Crippen molar-refractivity contribution in [2.75, 3.05) is 31.6 Å². The van der Waals surface area contributed by atoms with Crippen molar-refractivity contribution in [3.05, 3.63) is 30.3 Å². The molecule has 0 saturated carbocycles. The fraction of sp³-hybridized carbons (Fsp3) is 0.500. The zero-order chi connectivity index (χ0) is 13.2. The predicted molar refractivity (Wildman–Crippen MR) is 73.5 cm³/mol. The van der Waals surface area contributed by atoms with Crippen molar-refractivity contribution in [1.82, 2.24) is 4.90 Å².